The van der Waals surface area contributed by atoms with Gasteiger partial charge in [0.1, 0.15) is 5.75 Å². The Kier molecular flexibility index (Phi) is 4.94. The summed E-state index contributed by atoms with van der Waals surface area (Å²) in [6, 6.07) is 11.8. The van der Waals surface area contributed by atoms with Crippen LogP contribution in [0.4, 0.5) is 11.4 Å². The van der Waals surface area contributed by atoms with Gasteiger partial charge in [-0.15, -0.1) is 0 Å². The average molecular weight is 325 g/mol. The maximum atomic E-state index is 12.1. The molecular weight excluding hydrogens is 311 g/mol. The van der Waals surface area contributed by atoms with E-state index < -0.39 is 6.10 Å². The Labute approximate surface area is 132 Å². The number of rotatable bonds is 4. The second-order valence-electron chi connectivity index (χ2n) is 4.41. The number of hydrogen-bond donors (Lipinski definition) is 2. The van der Waals surface area contributed by atoms with Crippen LogP contribution in [0.25, 0.3) is 0 Å². The molecule has 3 N–H and O–H groups in total. The zero-order valence-corrected chi connectivity index (χ0v) is 12.8. The van der Waals surface area contributed by atoms with Gasteiger partial charge in [-0.25, -0.2) is 0 Å². The Morgan fingerprint density at radius 1 is 1.24 bits per heavy atom. The number of anilines is 2. The summed E-state index contributed by atoms with van der Waals surface area (Å²) < 4.78 is 5.53. The lowest BCUT2D eigenvalue weighted by Gasteiger charge is -2.16. The van der Waals surface area contributed by atoms with Gasteiger partial charge in [0, 0.05) is 5.02 Å². The van der Waals surface area contributed by atoms with Crippen LogP contribution >= 0.6 is 23.2 Å². The summed E-state index contributed by atoms with van der Waals surface area (Å²) >= 11 is 11.8. The van der Waals surface area contributed by atoms with Crippen molar-refractivity contribution in [3.63, 3.8) is 0 Å². The van der Waals surface area contributed by atoms with Crippen molar-refractivity contribution in [3.8, 4) is 5.75 Å². The van der Waals surface area contributed by atoms with E-state index in [4.69, 9.17) is 33.7 Å². The maximum Gasteiger partial charge on any atom is 0.265 e. The molecule has 6 heteroatoms. The minimum Gasteiger partial charge on any atom is -0.479 e. The molecule has 1 amide bonds. The number of ether oxygens (including phenoxy) is 1. The molecule has 0 heterocycles. The van der Waals surface area contributed by atoms with Gasteiger partial charge in [0.05, 0.1) is 16.4 Å². The van der Waals surface area contributed by atoms with Crippen LogP contribution in [0.1, 0.15) is 6.92 Å². The van der Waals surface area contributed by atoms with Crippen LogP contribution in [0, 0.1) is 0 Å². The van der Waals surface area contributed by atoms with Crippen LogP contribution < -0.4 is 15.8 Å². The maximum absolute atomic E-state index is 12.1. The van der Waals surface area contributed by atoms with Gasteiger partial charge in [0.25, 0.3) is 5.91 Å². The van der Waals surface area contributed by atoms with E-state index in [-0.39, 0.29) is 5.91 Å². The summed E-state index contributed by atoms with van der Waals surface area (Å²) in [5.41, 5.74) is 6.80. The fourth-order valence-corrected chi connectivity index (χ4v) is 2.11. The van der Waals surface area contributed by atoms with E-state index in [1.54, 1.807) is 49.4 Å². The lowest BCUT2D eigenvalue weighted by molar-refractivity contribution is -0.122. The second-order valence-corrected chi connectivity index (χ2v) is 5.25. The van der Waals surface area contributed by atoms with Gasteiger partial charge in [0.2, 0.25) is 0 Å². The van der Waals surface area contributed by atoms with Crippen molar-refractivity contribution in [3.05, 3.63) is 52.5 Å². The van der Waals surface area contributed by atoms with E-state index in [1.807, 2.05) is 0 Å². The number of carbonyl (C=O) groups excluding carboxylic acids is 1. The third kappa shape index (κ3) is 4.03. The van der Waals surface area contributed by atoms with Gasteiger partial charge < -0.3 is 15.8 Å². The molecule has 2 rings (SSSR count). The zero-order valence-electron chi connectivity index (χ0n) is 11.3. The Morgan fingerprint density at radius 3 is 2.62 bits per heavy atom. The first kappa shape index (κ1) is 15.5. The third-order valence-corrected chi connectivity index (χ3v) is 3.32. The highest BCUT2D eigenvalue weighted by Crippen LogP contribution is 2.28. The second kappa shape index (κ2) is 6.70. The molecule has 0 aliphatic carbocycles. The number of amides is 1. The van der Waals surface area contributed by atoms with Gasteiger partial charge in [0.15, 0.2) is 6.10 Å². The SMILES string of the molecule is C[C@H](Oc1ccc(Cl)cc1Cl)C(=O)Nc1ccccc1N. The van der Waals surface area contributed by atoms with Gasteiger partial charge in [-0.3, -0.25) is 4.79 Å². The monoisotopic (exact) mass is 324 g/mol. The molecular formula is C15H14Cl2N2O2. The molecule has 0 saturated carbocycles. The van der Waals surface area contributed by atoms with Crippen molar-refractivity contribution in [2.24, 2.45) is 0 Å². The molecule has 0 fully saturated rings. The van der Waals surface area contributed by atoms with E-state index >= 15 is 0 Å². The number of nitrogens with two attached hydrogens (primary N) is 1. The van der Waals surface area contributed by atoms with Crippen LogP contribution in [0.3, 0.4) is 0 Å². The Morgan fingerprint density at radius 2 is 1.95 bits per heavy atom. The summed E-state index contributed by atoms with van der Waals surface area (Å²) in [5, 5.41) is 3.55. The minimum absolute atomic E-state index is 0.320. The number of benzene rings is 2. The highest BCUT2D eigenvalue weighted by molar-refractivity contribution is 6.35. The minimum atomic E-state index is -0.733. The summed E-state index contributed by atoms with van der Waals surface area (Å²) in [5.74, 6) is 0.0728. The number of nitrogens with one attached hydrogen (secondary N) is 1. The molecule has 0 aromatic heterocycles. The smallest absolute Gasteiger partial charge is 0.265 e. The normalized spacial score (nSPS) is 11.8. The molecule has 0 aliphatic heterocycles. The van der Waals surface area contributed by atoms with Gasteiger partial charge in [-0.1, -0.05) is 35.3 Å². The van der Waals surface area contributed by atoms with Gasteiger partial charge in [-0.2, -0.15) is 0 Å². The third-order valence-electron chi connectivity index (χ3n) is 2.79. The number of halogens is 2. The quantitative estimate of drug-likeness (QED) is 0.836. The molecule has 21 heavy (non-hydrogen) atoms. The Balaban J connectivity index is 2.04. The van der Waals surface area contributed by atoms with E-state index in [2.05, 4.69) is 5.32 Å². The number of nitrogen functional groups attached to an aromatic ring is 1. The fraction of sp³-hybridized carbons (Fsp3) is 0.133. The summed E-state index contributed by atoms with van der Waals surface area (Å²) in [6.07, 6.45) is -0.733. The topological polar surface area (TPSA) is 64.3 Å². The molecule has 0 aliphatic rings. The van der Waals surface area contributed by atoms with Crippen molar-refractivity contribution in [1.29, 1.82) is 0 Å². The number of para-hydroxylation sites is 2. The lowest BCUT2D eigenvalue weighted by atomic mass is 10.2. The van der Waals surface area contributed by atoms with Gasteiger partial charge in [-0.05, 0) is 37.3 Å². The number of carbonyl (C=O) groups is 1. The number of hydrogen-bond acceptors (Lipinski definition) is 3. The molecule has 0 saturated heterocycles. The van der Waals surface area contributed by atoms with E-state index in [9.17, 15) is 4.79 Å². The van der Waals surface area contributed by atoms with Crippen molar-refractivity contribution in [2.45, 2.75) is 13.0 Å². The largest absolute Gasteiger partial charge is 0.479 e. The average Bonchev–Trinajstić information content (AvgIpc) is 2.44. The van der Waals surface area contributed by atoms with Crippen LogP contribution in [0.15, 0.2) is 42.5 Å². The zero-order chi connectivity index (χ0) is 15.4. The van der Waals surface area contributed by atoms with Crippen molar-refractivity contribution >= 4 is 40.5 Å². The summed E-state index contributed by atoms with van der Waals surface area (Å²) in [4.78, 5) is 12.1. The van der Waals surface area contributed by atoms with Crippen molar-refractivity contribution in [1.82, 2.24) is 0 Å². The molecule has 4 nitrogen and oxygen atoms in total. The highest BCUT2D eigenvalue weighted by atomic mass is 35.5. The van der Waals surface area contributed by atoms with Crippen LogP contribution in [-0.4, -0.2) is 12.0 Å². The Hall–Kier alpha value is -1.91. The van der Waals surface area contributed by atoms with E-state index in [0.717, 1.165) is 0 Å². The predicted molar refractivity (Wildman–Crippen MR) is 86.0 cm³/mol. The first-order valence-corrected chi connectivity index (χ1v) is 7.00. The first-order chi connectivity index (χ1) is 9.97. The van der Waals surface area contributed by atoms with Gasteiger partial charge >= 0.3 is 0 Å². The van der Waals surface area contributed by atoms with Crippen molar-refractivity contribution < 1.29 is 9.53 Å². The molecule has 2 aromatic rings. The highest BCUT2D eigenvalue weighted by Gasteiger charge is 2.17. The molecule has 2 aromatic carbocycles. The molecule has 1 atom stereocenters. The molecule has 0 spiro atoms. The molecule has 0 unspecified atom stereocenters. The van der Waals surface area contributed by atoms with Crippen LogP contribution in [-0.2, 0) is 4.79 Å². The molecule has 110 valence electrons. The van der Waals surface area contributed by atoms with Crippen LogP contribution in [0.5, 0.6) is 5.75 Å². The van der Waals surface area contributed by atoms with E-state index in [0.29, 0.717) is 27.2 Å². The molecule has 0 bridgehead atoms. The summed E-state index contributed by atoms with van der Waals surface area (Å²) in [6.45, 7) is 1.62. The van der Waals surface area contributed by atoms with E-state index in [1.165, 1.54) is 0 Å². The summed E-state index contributed by atoms with van der Waals surface area (Å²) in [7, 11) is 0. The van der Waals surface area contributed by atoms with Crippen LogP contribution in [0.2, 0.25) is 10.0 Å². The fourth-order valence-electron chi connectivity index (χ4n) is 1.66. The lowest BCUT2D eigenvalue weighted by Crippen LogP contribution is -2.30. The molecule has 0 radical (unpaired) electrons. The first-order valence-electron chi connectivity index (χ1n) is 6.24. The standard InChI is InChI=1S/C15H14Cl2N2O2/c1-9(21-14-7-6-10(16)8-11(14)17)15(20)19-13-5-3-2-4-12(13)18/h2-9H,18H2,1H3,(H,19,20)/t9-/m0/s1. The van der Waals surface area contributed by atoms with Crippen molar-refractivity contribution in [2.75, 3.05) is 11.1 Å². The Bertz CT molecular complexity index is 662. The predicted octanol–water partition coefficient (Wildman–Crippen LogP) is 3.98.